The van der Waals surface area contributed by atoms with E-state index < -0.39 is 0 Å². The Bertz CT molecular complexity index is 308. The fourth-order valence-electron chi connectivity index (χ4n) is 1.73. The standard InChI is InChI=1S/C14H22BrNO/c1-2-3-4-5-6-7-11-17-14-12(15)9-8-10-13(14)16/h8-10H,2-7,11,16H2,1H3. The monoisotopic (exact) mass is 299 g/mol. The van der Waals surface area contributed by atoms with E-state index in [0.29, 0.717) is 5.69 Å². The highest BCUT2D eigenvalue weighted by atomic mass is 79.9. The zero-order valence-corrected chi connectivity index (χ0v) is 12.1. The third kappa shape index (κ3) is 5.44. The largest absolute Gasteiger partial charge is 0.490 e. The van der Waals surface area contributed by atoms with Crippen LogP contribution in [0.1, 0.15) is 45.4 Å². The minimum Gasteiger partial charge on any atom is -0.490 e. The van der Waals surface area contributed by atoms with E-state index in [1.807, 2.05) is 18.2 Å². The lowest BCUT2D eigenvalue weighted by atomic mass is 10.1. The number of anilines is 1. The second-order valence-electron chi connectivity index (χ2n) is 4.27. The molecule has 1 aromatic rings. The Morgan fingerprint density at radius 2 is 1.82 bits per heavy atom. The summed E-state index contributed by atoms with van der Waals surface area (Å²) in [5.41, 5.74) is 6.55. The SMILES string of the molecule is CCCCCCCCOc1c(N)cccc1Br. The highest BCUT2D eigenvalue weighted by Crippen LogP contribution is 2.30. The van der Waals surface area contributed by atoms with Crippen LogP contribution in [0.3, 0.4) is 0 Å². The maximum Gasteiger partial charge on any atom is 0.156 e. The summed E-state index contributed by atoms with van der Waals surface area (Å²) in [6, 6.07) is 5.73. The Morgan fingerprint density at radius 1 is 1.12 bits per heavy atom. The molecular formula is C14H22BrNO. The van der Waals surface area contributed by atoms with Crippen molar-refractivity contribution >= 4 is 21.6 Å². The van der Waals surface area contributed by atoms with Crippen molar-refractivity contribution in [2.24, 2.45) is 0 Å². The first-order valence-electron chi connectivity index (χ1n) is 6.42. The Hall–Kier alpha value is -0.700. The van der Waals surface area contributed by atoms with Gasteiger partial charge in [-0.2, -0.15) is 0 Å². The van der Waals surface area contributed by atoms with Gasteiger partial charge in [-0.25, -0.2) is 0 Å². The van der Waals surface area contributed by atoms with Crippen molar-refractivity contribution in [1.29, 1.82) is 0 Å². The summed E-state index contributed by atoms with van der Waals surface area (Å²) in [4.78, 5) is 0. The molecule has 0 aromatic heterocycles. The fraction of sp³-hybridized carbons (Fsp3) is 0.571. The van der Waals surface area contributed by atoms with Crippen molar-refractivity contribution in [3.05, 3.63) is 22.7 Å². The van der Waals surface area contributed by atoms with Crippen LogP contribution < -0.4 is 10.5 Å². The van der Waals surface area contributed by atoms with Crippen LogP contribution in [-0.2, 0) is 0 Å². The Kier molecular flexibility index (Phi) is 7.10. The second-order valence-corrected chi connectivity index (χ2v) is 5.13. The molecule has 0 heterocycles. The van der Waals surface area contributed by atoms with Crippen LogP contribution >= 0.6 is 15.9 Å². The van der Waals surface area contributed by atoms with Crippen molar-refractivity contribution in [3.63, 3.8) is 0 Å². The van der Waals surface area contributed by atoms with E-state index in [2.05, 4.69) is 22.9 Å². The number of halogens is 1. The maximum atomic E-state index is 5.85. The second kappa shape index (κ2) is 8.40. The van der Waals surface area contributed by atoms with Gasteiger partial charge in [-0.05, 0) is 34.5 Å². The Morgan fingerprint density at radius 3 is 2.53 bits per heavy atom. The van der Waals surface area contributed by atoms with Crippen LogP contribution in [0.15, 0.2) is 22.7 Å². The summed E-state index contributed by atoms with van der Waals surface area (Å²) >= 11 is 3.45. The number of hydrogen-bond donors (Lipinski definition) is 1. The van der Waals surface area contributed by atoms with E-state index >= 15 is 0 Å². The van der Waals surface area contributed by atoms with E-state index in [1.54, 1.807) is 0 Å². The minimum absolute atomic E-state index is 0.699. The summed E-state index contributed by atoms with van der Waals surface area (Å²) in [6.07, 6.45) is 7.63. The molecule has 0 bridgehead atoms. The molecule has 0 saturated carbocycles. The average molecular weight is 300 g/mol. The van der Waals surface area contributed by atoms with Crippen LogP contribution in [0.2, 0.25) is 0 Å². The van der Waals surface area contributed by atoms with Gasteiger partial charge in [0.1, 0.15) is 0 Å². The summed E-state index contributed by atoms with van der Waals surface area (Å²) in [7, 11) is 0. The topological polar surface area (TPSA) is 35.2 Å². The van der Waals surface area contributed by atoms with E-state index in [1.165, 1.54) is 32.1 Å². The number of benzene rings is 1. The molecule has 0 fully saturated rings. The van der Waals surface area contributed by atoms with Gasteiger partial charge < -0.3 is 10.5 Å². The fourth-order valence-corrected chi connectivity index (χ4v) is 2.23. The van der Waals surface area contributed by atoms with Crippen LogP contribution in [0.5, 0.6) is 5.75 Å². The first kappa shape index (κ1) is 14.4. The molecule has 1 aromatic carbocycles. The van der Waals surface area contributed by atoms with E-state index in [4.69, 9.17) is 10.5 Å². The summed E-state index contributed by atoms with van der Waals surface area (Å²) in [5, 5.41) is 0. The van der Waals surface area contributed by atoms with Crippen LogP contribution in [-0.4, -0.2) is 6.61 Å². The molecule has 0 saturated heterocycles. The van der Waals surface area contributed by atoms with E-state index in [9.17, 15) is 0 Å². The highest BCUT2D eigenvalue weighted by molar-refractivity contribution is 9.10. The number of para-hydroxylation sites is 1. The molecule has 0 aliphatic heterocycles. The molecule has 0 amide bonds. The molecule has 0 aliphatic carbocycles. The molecule has 1 rings (SSSR count). The van der Waals surface area contributed by atoms with Crippen molar-refractivity contribution in [1.82, 2.24) is 0 Å². The summed E-state index contributed by atoms with van der Waals surface area (Å²) in [5.74, 6) is 0.779. The average Bonchev–Trinajstić information content (AvgIpc) is 2.31. The molecular weight excluding hydrogens is 278 g/mol. The predicted octanol–water partition coefficient (Wildman–Crippen LogP) is 4.77. The van der Waals surface area contributed by atoms with Gasteiger partial charge in [0, 0.05) is 0 Å². The van der Waals surface area contributed by atoms with Crippen LogP contribution in [0.4, 0.5) is 5.69 Å². The zero-order chi connectivity index (χ0) is 12.5. The van der Waals surface area contributed by atoms with Crippen LogP contribution in [0.25, 0.3) is 0 Å². The molecule has 3 heteroatoms. The smallest absolute Gasteiger partial charge is 0.156 e. The van der Waals surface area contributed by atoms with E-state index in [0.717, 1.165) is 23.2 Å². The third-order valence-corrected chi connectivity index (χ3v) is 3.37. The van der Waals surface area contributed by atoms with Gasteiger partial charge in [0.15, 0.2) is 5.75 Å². The first-order chi connectivity index (χ1) is 8.25. The quantitative estimate of drug-likeness (QED) is 0.554. The summed E-state index contributed by atoms with van der Waals surface area (Å²) < 4.78 is 6.64. The Labute approximate surface area is 113 Å². The van der Waals surface area contributed by atoms with Crippen molar-refractivity contribution < 1.29 is 4.74 Å². The number of rotatable bonds is 8. The van der Waals surface area contributed by atoms with Gasteiger partial charge >= 0.3 is 0 Å². The lowest BCUT2D eigenvalue weighted by Crippen LogP contribution is -2.01. The number of nitrogens with two attached hydrogens (primary N) is 1. The molecule has 0 unspecified atom stereocenters. The van der Waals surface area contributed by atoms with Crippen LogP contribution in [0, 0.1) is 0 Å². The molecule has 17 heavy (non-hydrogen) atoms. The van der Waals surface area contributed by atoms with Gasteiger partial charge in [0.2, 0.25) is 0 Å². The molecule has 0 radical (unpaired) electrons. The Balaban J connectivity index is 2.18. The van der Waals surface area contributed by atoms with Crippen molar-refractivity contribution in [2.45, 2.75) is 45.4 Å². The van der Waals surface area contributed by atoms with E-state index in [-0.39, 0.29) is 0 Å². The molecule has 0 atom stereocenters. The number of nitrogen functional groups attached to an aromatic ring is 1. The zero-order valence-electron chi connectivity index (χ0n) is 10.5. The molecule has 0 spiro atoms. The normalized spacial score (nSPS) is 10.5. The number of ether oxygens (including phenoxy) is 1. The third-order valence-electron chi connectivity index (χ3n) is 2.74. The van der Waals surface area contributed by atoms with Gasteiger partial charge in [0.05, 0.1) is 16.8 Å². The molecule has 2 N–H and O–H groups in total. The van der Waals surface area contributed by atoms with Crippen molar-refractivity contribution in [3.8, 4) is 5.75 Å². The lowest BCUT2D eigenvalue weighted by molar-refractivity contribution is 0.304. The predicted molar refractivity (Wildman–Crippen MR) is 77.4 cm³/mol. The van der Waals surface area contributed by atoms with Crippen molar-refractivity contribution in [2.75, 3.05) is 12.3 Å². The number of hydrogen-bond acceptors (Lipinski definition) is 2. The van der Waals surface area contributed by atoms with Gasteiger partial charge in [-0.3, -0.25) is 0 Å². The maximum absolute atomic E-state index is 5.85. The molecule has 96 valence electrons. The molecule has 0 aliphatic rings. The first-order valence-corrected chi connectivity index (χ1v) is 7.21. The number of unbranched alkanes of at least 4 members (excludes halogenated alkanes) is 5. The lowest BCUT2D eigenvalue weighted by Gasteiger charge is -2.10. The molecule has 2 nitrogen and oxygen atoms in total. The van der Waals surface area contributed by atoms with Gasteiger partial charge in [0.25, 0.3) is 0 Å². The van der Waals surface area contributed by atoms with Gasteiger partial charge in [-0.15, -0.1) is 0 Å². The van der Waals surface area contributed by atoms with Gasteiger partial charge in [-0.1, -0.05) is 45.1 Å². The highest BCUT2D eigenvalue weighted by Gasteiger charge is 2.04. The minimum atomic E-state index is 0.699. The summed E-state index contributed by atoms with van der Waals surface area (Å²) in [6.45, 7) is 2.98.